The van der Waals surface area contributed by atoms with Crippen LogP contribution in [0.2, 0.25) is 0 Å². The summed E-state index contributed by atoms with van der Waals surface area (Å²) in [7, 11) is -3.87. The van der Waals surface area contributed by atoms with E-state index in [4.69, 9.17) is 5.73 Å². The molecule has 0 aromatic carbocycles. The standard InChI is InChI=1S/C40H65N3O6S/c1-8-16-37(19-20-37)50(48,49)42-34(47)38(22-27(38)9-2)24-31(45)29-23-40(36(6,7)39(40)17-13-18-39)25-43(29)33(46)28(35(3,4)5)21-30(44)32(41)26-14-11-10-12-15-26/h26-29,32H,8-25,41H2,1-7H3,(H,42,47)/t27-,28-,29+,32+,38-,40-/m1/s1. The smallest absolute Gasteiger partial charge is 0.240 e. The predicted octanol–water partition coefficient (Wildman–Crippen LogP) is 6.47. The summed E-state index contributed by atoms with van der Waals surface area (Å²) in [6.45, 7) is 15.0. The molecule has 5 saturated carbocycles. The van der Waals surface area contributed by atoms with E-state index in [0.29, 0.717) is 45.1 Å². The number of hydrogen-bond donors (Lipinski definition) is 2. The van der Waals surface area contributed by atoms with Crippen molar-refractivity contribution in [2.24, 2.45) is 50.6 Å². The van der Waals surface area contributed by atoms with Crippen molar-refractivity contribution in [1.82, 2.24) is 9.62 Å². The molecule has 1 heterocycles. The summed E-state index contributed by atoms with van der Waals surface area (Å²) in [5, 5.41) is 0. The summed E-state index contributed by atoms with van der Waals surface area (Å²) in [6.07, 6.45) is 12.5. The van der Waals surface area contributed by atoms with Crippen LogP contribution >= 0.6 is 0 Å². The monoisotopic (exact) mass is 715 g/mol. The number of carbonyl (C=O) groups is 4. The molecule has 0 aromatic heterocycles. The fourth-order valence-corrected chi connectivity index (χ4v) is 13.5. The van der Waals surface area contributed by atoms with Crippen molar-refractivity contribution >= 4 is 33.4 Å². The van der Waals surface area contributed by atoms with Gasteiger partial charge in [0.05, 0.1) is 22.2 Å². The van der Waals surface area contributed by atoms with Gasteiger partial charge in [-0.2, -0.15) is 0 Å². The van der Waals surface area contributed by atoms with Gasteiger partial charge in [0.1, 0.15) is 0 Å². The van der Waals surface area contributed by atoms with Crippen LogP contribution in [0.15, 0.2) is 0 Å². The second kappa shape index (κ2) is 12.7. The summed E-state index contributed by atoms with van der Waals surface area (Å²) >= 11 is 0. The Hall–Kier alpha value is -1.81. The number of sulfonamides is 1. The van der Waals surface area contributed by atoms with Crippen LogP contribution in [0, 0.1) is 44.8 Å². The van der Waals surface area contributed by atoms with E-state index in [9.17, 15) is 27.6 Å². The van der Waals surface area contributed by atoms with Crippen molar-refractivity contribution in [3.8, 4) is 0 Å². The lowest BCUT2D eigenvalue weighted by Gasteiger charge is -2.36. The Morgan fingerprint density at radius 3 is 2.04 bits per heavy atom. The first-order valence-electron chi connectivity index (χ1n) is 20.0. The van der Waals surface area contributed by atoms with Gasteiger partial charge in [-0.3, -0.25) is 23.9 Å². The highest BCUT2D eigenvalue weighted by Gasteiger charge is 2.85. The number of rotatable bonds is 14. The molecule has 3 N–H and O–H groups in total. The Morgan fingerprint density at radius 2 is 1.56 bits per heavy atom. The molecule has 10 heteroatoms. The van der Waals surface area contributed by atoms with Crippen molar-refractivity contribution in [2.75, 3.05) is 6.54 Å². The van der Waals surface area contributed by atoms with E-state index in [1.807, 2.05) is 34.6 Å². The normalized spacial score (nSPS) is 33.4. The third-order valence-electron chi connectivity index (χ3n) is 15.7. The number of ketones is 2. The number of nitrogens with two attached hydrogens (primary N) is 1. The maximum atomic E-state index is 14.9. The molecule has 9 nitrogen and oxygen atoms in total. The molecule has 282 valence electrons. The van der Waals surface area contributed by atoms with Crippen LogP contribution in [0.25, 0.3) is 0 Å². The van der Waals surface area contributed by atoms with Crippen LogP contribution in [-0.2, 0) is 29.2 Å². The van der Waals surface area contributed by atoms with E-state index >= 15 is 0 Å². The van der Waals surface area contributed by atoms with E-state index in [1.54, 1.807) is 4.90 Å². The number of nitrogens with zero attached hydrogens (tertiary/aromatic N) is 1. The molecule has 6 aliphatic rings. The van der Waals surface area contributed by atoms with Gasteiger partial charge < -0.3 is 10.6 Å². The second-order valence-corrected chi connectivity index (χ2v) is 21.4. The average molecular weight is 716 g/mol. The molecule has 1 saturated heterocycles. The largest absolute Gasteiger partial charge is 0.332 e. The van der Waals surface area contributed by atoms with E-state index in [-0.39, 0.29) is 58.4 Å². The number of nitrogens with one attached hydrogen (secondary N) is 1. The van der Waals surface area contributed by atoms with Crippen LogP contribution in [0.3, 0.4) is 0 Å². The molecule has 5 aliphatic carbocycles. The van der Waals surface area contributed by atoms with Crippen molar-refractivity contribution in [1.29, 1.82) is 0 Å². The zero-order valence-corrected chi connectivity index (χ0v) is 32.8. The molecule has 0 radical (unpaired) electrons. The minimum absolute atomic E-state index is 0.0330. The Kier molecular flexibility index (Phi) is 9.60. The molecule has 0 unspecified atom stereocenters. The molecule has 6 fully saturated rings. The number of fused-ring (bicyclic) bond motifs is 1. The van der Waals surface area contributed by atoms with Crippen molar-refractivity contribution < 1.29 is 27.6 Å². The van der Waals surface area contributed by atoms with Crippen molar-refractivity contribution in [3.05, 3.63) is 0 Å². The summed E-state index contributed by atoms with van der Waals surface area (Å²) in [5.41, 5.74) is 4.83. The van der Waals surface area contributed by atoms with Gasteiger partial charge in [-0.25, -0.2) is 8.42 Å². The lowest BCUT2D eigenvalue weighted by molar-refractivity contribution is -0.146. The zero-order valence-electron chi connectivity index (χ0n) is 32.0. The quantitative estimate of drug-likeness (QED) is 0.210. The summed E-state index contributed by atoms with van der Waals surface area (Å²) in [6, 6.07) is -1.29. The maximum Gasteiger partial charge on any atom is 0.240 e. The van der Waals surface area contributed by atoms with E-state index in [0.717, 1.165) is 51.4 Å². The van der Waals surface area contributed by atoms with Crippen LogP contribution in [-0.4, -0.2) is 60.1 Å². The molecule has 6 atom stereocenters. The summed E-state index contributed by atoms with van der Waals surface area (Å²) < 4.78 is 28.5. The van der Waals surface area contributed by atoms with Gasteiger partial charge in [-0.15, -0.1) is 0 Å². The zero-order chi connectivity index (χ0) is 36.7. The van der Waals surface area contributed by atoms with Gasteiger partial charge in [-0.1, -0.05) is 87.0 Å². The predicted molar refractivity (Wildman–Crippen MR) is 194 cm³/mol. The molecule has 2 amide bonds. The second-order valence-electron chi connectivity index (χ2n) is 19.3. The molecular formula is C40H65N3O6S. The maximum absolute atomic E-state index is 14.9. The third kappa shape index (κ3) is 5.74. The van der Waals surface area contributed by atoms with E-state index in [1.165, 1.54) is 6.42 Å². The minimum atomic E-state index is -3.87. The number of likely N-dealkylation sites (tertiary alicyclic amines) is 1. The van der Waals surface area contributed by atoms with Crippen LogP contribution < -0.4 is 10.5 Å². The Bertz CT molecular complexity index is 1500. The highest BCUT2D eigenvalue weighted by Crippen LogP contribution is 2.88. The van der Waals surface area contributed by atoms with Gasteiger partial charge >= 0.3 is 0 Å². The molecule has 0 aromatic rings. The topological polar surface area (TPSA) is 144 Å². The fourth-order valence-electron chi connectivity index (χ4n) is 11.7. The van der Waals surface area contributed by atoms with Crippen molar-refractivity contribution in [2.45, 2.75) is 174 Å². The molecule has 1 aliphatic heterocycles. The number of amides is 2. The minimum Gasteiger partial charge on any atom is -0.332 e. The highest BCUT2D eigenvalue weighted by atomic mass is 32.2. The van der Waals surface area contributed by atoms with Crippen LogP contribution in [0.1, 0.15) is 158 Å². The molecule has 0 bridgehead atoms. The van der Waals surface area contributed by atoms with Gasteiger partial charge in [0.15, 0.2) is 11.6 Å². The molecular weight excluding hydrogens is 651 g/mol. The third-order valence-corrected chi connectivity index (χ3v) is 17.9. The van der Waals surface area contributed by atoms with E-state index < -0.39 is 49.5 Å². The fraction of sp³-hybridized carbons (Fsp3) is 0.900. The highest BCUT2D eigenvalue weighted by molar-refractivity contribution is 7.91. The first kappa shape index (κ1) is 37.9. The Labute approximate surface area is 301 Å². The average Bonchev–Trinajstić information content (AvgIpc) is 3.96. The lowest BCUT2D eigenvalue weighted by atomic mass is 9.73. The van der Waals surface area contributed by atoms with Crippen molar-refractivity contribution in [3.63, 3.8) is 0 Å². The summed E-state index contributed by atoms with van der Waals surface area (Å²) in [4.78, 5) is 59.1. The molecule has 50 heavy (non-hydrogen) atoms. The SMILES string of the molecule is CCCC1(S(=O)(=O)NC(=O)[C@@]2(CC(=O)[C@@H]3C[C@@]4(CN3C(=O)[C@@H](CC(=O)[C@@H](N)C3CCCCC3)C(C)(C)C)C(C)(C)C43CCC3)C[C@H]2CC)CC1. The van der Waals surface area contributed by atoms with Gasteiger partial charge in [-0.05, 0) is 85.9 Å². The number of carbonyl (C=O) groups excluding carboxylic acids is 4. The van der Waals surface area contributed by atoms with E-state index in [2.05, 4.69) is 18.6 Å². The Balaban J connectivity index is 1.26. The number of Topliss-reactive ketones (excluding diaryl/α,β-unsaturated/α-hetero) is 2. The van der Waals surface area contributed by atoms with Crippen LogP contribution in [0.5, 0.6) is 0 Å². The number of hydrogen-bond acceptors (Lipinski definition) is 7. The lowest BCUT2D eigenvalue weighted by Crippen LogP contribution is -2.50. The van der Waals surface area contributed by atoms with Gasteiger partial charge in [0.2, 0.25) is 21.8 Å². The summed E-state index contributed by atoms with van der Waals surface area (Å²) in [5.74, 6) is -1.50. The molecule has 2 spiro atoms. The first-order chi connectivity index (χ1) is 23.3. The first-order valence-corrected chi connectivity index (χ1v) is 21.5. The Morgan fingerprint density at radius 1 is 0.920 bits per heavy atom. The van der Waals surface area contributed by atoms with Gasteiger partial charge in [0.25, 0.3) is 0 Å². The molecule has 6 rings (SSSR count). The van der Waals surface area contributed by atoms with Gasteiger partial charge in [0, 0.05) is 30.7 Å². The van der Waals surface area contributed by atoms with Crippen LogP contribution in [0.4, 0.5) is 0 Å².